The maximum absolute atomic E-state index is 2.36. The van der Waals surface area contributed by atoms with E-state index in [0.29, 0.717) is 15.2 Å². The Labute approximate surface area is 46.7 Å². The molecule has 0 saturated carbocycles. The van der Waals surface area contributed by atoms with Gasteiger partial charge in [-0.2, -0.15) is 0 Å². The van der Waals surface area contributed by atoms with E-state index in [4.69, 9.17) is 0 Å². The van der Waals surface area contributed by atoms with Gasteiger partial charge >= 0.3 is 0 Å². The fourth-order valence-corrected chi connectivity index (χ4v) is 1.73. The second-order valence-electron chi connectivity index (χ2n) is 2.18. The minimum Gasteiger partial charge on any atom is -0.109 e. The fourth-order valence-electron chi connectivity index (χ4n) is 0.577. The predicted octanol–water partition coefficient (Wildman–Crippen LogP) is 1.55. The van der Waals surface area contributed by atoms with Crippen LogP contribution in [0, 0.1) is 5.92 Å². The molecule has 0 bridgehead atoms. The van der Waals surface area contributed by atoms with Gasteiger partial charge in [-0.1, -0.05) is 25.0 Å². The molecule has 0 aliphatic heterocycles. The highest BCUT2D eigenvalue weighted by Gasteiger charge is 1.88. The Kier molecular flexibility index (Phi) is 4.04. The smallest absolute Gasteiger partial charge is 0.109 e. The van der Waals surface area contributed by atoms with E-state index < -0.39 is 0 Å². The normalized spacial score (nSPS) is 9.33. The predicted molar refractivity (Wildman–Crippen MR) is 32.7 cm³/mol. The molecule has 0 heterocycles. The molecule has 0 N–H and O–H groups in total. The van der Waals surface area contributed by atoms with Crippen LogP contribution in [0.1, 0.15) is 13.8 Å². The lowest BCUT2D eigenvalue weighted by atomic mass is 10.3. The summed E-state index contributed by atoms with van der Waals surface area (Å²) in [6, 6.07) is 0. The van der Waals surface area contributed by atoms with Crippen molar-refractivity contribution < 1.29 is 0 Å². The number of hydrogen-bond acceptors (Lipinski definition) is 0. The summed E-state index contributed by atoms with van der Waals surface area (Å²) in [6.45, 7) is 4.58. The van der Waals surface area contributed by atoms with E-state index in [1.165, 1.54) is 5.28 Å². The molecule has 0 rings (SSSR count). The van der Waals surface area contributed by atoms with Crippen LogP contribution in [-0.2, 0) is 0 Å². The standard InChI is InChI=1S/C4H9.CH3.Al.H/c1-4(2)3;;;/h4H,1H2,2-3H3;1H3;;. The van der Waals surface area contributed by atoms with Crippen molar-refractivity contribution in [3.63, 3.8) is 0 Å². The van der Waals surface area contributed by atoms with Crippen LogP contribution in [0.2, 0.25) is 11.1 Å². The zero-order valence-electron chi connectivity index (χ0n) is 4.99. The molecule has 0 aliphatic rings. The molecule has 0 aromatic carbocycles. The number of rotatable bonds is 2. The monoisotopic (exact) mass is 100 g/mol. The zero-order chi connectivity index (χ0) is 4.99. The maximum Gasteiger partial charge on any atom is 0.233 e. The molecule has 0 fully saturated rings. The Morgan fingerprint density at radius 1 is 1.50 bits per heavy atom. The van der Waals surface area contributed by atoms with Crippen LogP contribution in [-0.4, -0.2) is 15.2 Å². The topological polar surface area (TPSA) is 0 Å². The SMILES string of the molecule is [CH3][AlH][CH2]C(C)C. The van der Waals surface area contributed by atoms with Gasteiger partial charge < -0.3 is 0 Å². The van der Waals surface area contributed by atoms with Gasteiger partial charge in [-0.25, -0.2) is 0 Å². The third-order valence-electron chi connectivity index (χ3n) is 0.866. The quantitative estimate of drug-likeness (QED) is 0.462. The molecule has 0 radical (unpaired) electrons. The maximum atomic E-state index is 2.36. The summed E-state index contributed by atoms with van der Waals surface area (Å²) in [5, 5.41) is 1.51. The lowest BCUT2D eigenvalue weighted by molar-refractivity contribution is 0.731. The van der Waals surface area contributed by atoms with Crippen LogP contribution in [0.5, 0.6) is 0 Å². The zero-order valence-corrected chi connectivity index (χ0v) is 6.41. The first-order chi connectivity index (χ1) is 2.77. The van der Waals surface area contributed by atoms with Crippen LogP contribution in [0.15, 0.2) is 0 Å². The summed E-state index contributed by atoms with van der Waals surface area (Å²) in [4.78, 5) is 0. The Morgan fingerprint density at radius 2 is 2.00 bits per heavy atom. The third kappa shape index (κ3) is 4.53. The highest BCUT2D eigenvalue weighted by Crippen LogP contribution is 1.96. The van der Waals surface area contributed by atoms with E-state index in [2.05, 4.69) is 19.6 Å². The minimum atomic E-state index is 0.367. The Bertz CT molecular complexity index is 25.1. The van der Waals surface area contributed by atoms with Crippen LogP contribution in [0.25, 0.3) is 0 Å². The van der Waals surface area contributed by atoms with Crippen molar-refractivity contribution in [1.82, 2.24) is 0 Å². The largest absolute Gasteiger partial charge is 0.233 e. The molecule has 6 heavy (non-hydrogen) atoms. The molecule has 0 aromatic rings. The second-order valence-corrected chi connectivity index (χ2v) is 3.76. The Hall–Kier alpha value is 0.532. The van der Waals surface area contributed by atoms with Gasteiger partial charge in [0.1, 0.15) is 0 Å². The van der Waals surface area contributed by atoms with Crippen molar-refractivity contribution in [3.05, 3.63) is 0 Å². The van der Waals surface area contributed by atoms with Gasteiger partial charge in [-0.15, -0.1) is 5.79 Å². The van der Waals surface area contributed by atoms with Gasteiger partial charge in [-0.05, 0) is 0 Å². The van der Waals surface area contributed by atoms with E-state index in [-0.39, 0.29) is 0 Å². The lowest BCUT2D eigenvalue weighted by Crippen LogP contribution is -1.88. The molecule has 1 heteroatoms. The van der Waals surface area contributed by atoms with Crippen molar-refractivity contribution in [1.29, 1.82) is 0 Å². The third-order valence-corrected chi connectivity index (χ3v) is 2.60. The van der Waals surface area contributed by atoms with Crippen molar-refractivity contribution in [3.8, 4) is 0 Å². The van der Waals surface area contributed by atoms with Crippen LogP contribution < -0.4 is 0 Å². The van der Waals surface area contributed by atoms with E-state index in [0.717, 1.165) is 5.92 Å². The van der Waals surface area contributed by atoms with Crippen molar-refractivity contribution in [2.45, 2.75) is 24.9 Å². The fraction of sp³-hybridized carbons (Fsp3) is 1.00. The van der Waals surface area contributed by atoms with Gasteiger partial charge in [0.25, 0.3) is 0 Å². The van der Waals surface area contributed by atoms with Gasteiger partial charge in [0.2, 0.25) is 15.2 Å². The van der Waals surface area contributed by atoms with Gasteiger partial charge in [0.05, 0.1) is 0 Å². The van der Waals surface area contributed by atoms with E-state index >= 15 is 0 Å². The Balaban J connectivity index is 2.63. The van der Waals surface area contributed by atoms with Crippen LogP contribution in [0.3, 0.4) is 0 Å². The first-order valence-corrected chi connectivity index (χ1v) is 5.18. The van der Waals surface area contributed by atoms with Gasteiger partial charge in [0.15, 0.2) is 0 Å². The second kappa shape index (κ2) is 3.71. The molecule has 0 amide bonds. The molecule has 0 aromatic heterocycles. The summed E-state index contributed by atoms with van der Waals surface area (Å²) in [6.07, 6.45) is 0. The van der Waals surface area contributed by atoms with Crippen LogP contribution in [0.4, 0.5) is 0 Å². The summed E-state index contributed by atoms with van der Waals surface area (Å²) in [5.74, 6) is 3.32. The van der Waals surface area contributed by atoms with E-state index in [1.54, 1.807) is 0 Å². The summed E-state index contributed by atoms with van der Waals surface area (Å²) >= 11 is 0.367. The summed E-state index contributed by atoms with van der Waals surface area (Å²) in [5.41, 5.74) is 0. The molecule has 0 aliphatic carbocycles. The number of hydrogen-bond donors (Lipinski definition) is 0. The first-order valence-electron chi connectivity index (χ1n) is 2.77. The highest BCUT2D eigenvalue weighted by atomic mass is 27.1. The van der Waals surface area contributed by atoms with Crippen molar-refractivity contribution in [2.75, 3.05) is 0 Å². The molecule has 0 saturated heterocycles. The van der Waals surface area contributed by atoms with Gasteiger partial charge in [0, 0.05) is 0 Å². The minimum absolute atomic E-state index is 0.367. The molecular formula is C5H13Al. The van der Waals surface area contributed by atoms with Crippen molar-refractivity contribution in [2.24, 2.45) is 5.92 Å². The molecule has 0 spiro atoms. The average Bonchev–Trinajstić information content (AvgIpc) is 1.35. The highest BCUT2D eigenvalue weighted by molar-refractivity contribution is 6.33. The van der Waals surface area contributed by atoms with E-state index in [1.807, 2.05) is 0 Å². The van der Waals surface area contributed by atoms with Crippen LogP contribution >= 0.6 is 0 Å². The van der Waals surface area contributed by atoms with Crippen molar-refractivity contribution >= 4 is 15.2 Å². The summed E-state index contributed by atoms with van der Waals surface area (Å²) in [7, 11) is 0. The van der Waals surface area contributed by atoms with Gasteiger partial charge in [-0.3, -0.25) is 0 Å². The molecular weight excluding hydrogens is 87.0 g/mol. The molecule has 0 atom stereocenters. The molecule has 36 valence electrons. The Morgan fingerprint density at radius 3 is 2.00 bits per heavy atom. The van der Waals surface area contributed by atoms with E-state index in [9.17, 15) is 0 Å². The summed E-state index contributed by atoms with van der Waals surface area (Å²) < 4.78 is 0. The lowest BCUT2D eigenvalue weighted by Gasteiger charge is -1.94. The average molecular weight is 100 g/mol. The first kappa shape index (κ1) is 6.53. The molecule has 0 unspecified atom stereocenters. The molecule has 0 nitrogen and oxygen atoms in total.